The molecule has 7 nitrogen and oxygen atoms in total. The van der Waals surface area contributed by atoms with Crippen molar-refractivity contribution < 1.29 is 23.5 Å². The molecule has 0 spiro atoms. The first kappa shape index (κ1) is 23.6. The van der Waals surface area contributed by atoms with E-state index in [1.165, 1.54) is 18.4 Å². The number of nitrogens with zero attached hydrogens (tertiary/aromatic N) is 1. The van der Waals surface area contributed by atoms with Gasteiger partial charge in [-0.15, -0.1) is 11.3 Å². The number of ether oxygens (including phenoxy) is 2. The van der Waals surface area contributed by atoms with E-state index in [0.29, 0.717) is 5.01 Å². The summed E-state index contributed by atoms with van der Waals surface area (Å²) in [6, 6.07) is -0.516. The van der Waals surface area contributed by atoms with Gasteiger partial charge in [0.1, 0.15) is 16.7 Å². The number of rotatable bonds is 6. The van der Waals surface area contributed by atoms with Crippen LogP contribution in [0.4, 0.5) is 4.79 Å². The highest BCUT2D eigenvalue weighted by Gasteiger charge is 2.38. The number of carbonyl (C=O) groups is 2. The number of methoxy groups -OCH3 is 1. The Morgan fingerprint density at radius 2 is 1.81 bits per heavy atom. The summed E-state index contributed by atoms with van der Waals surface area (Å²) in [5.41, 5.74) is -0.407. The monoisotopic (exact) mass is 416 g/mol. The average Bonchev–Trinajstić information content (AvgIpc) is 2.97. The van der Waals surface area contributed by atoms with Crippen molar-refractivity contribution in [2.45, 2.75) is 71.3 Å². The van der Waals surface area contributed by atoms with Crippen LogP contribution in [0.3, 0.4) is 0 Å². The van der Waals surface area contributed by atoms with E-state index in [0.717, 1.165) is 0 Å². The van der Waals surface area contributed by atoms with Gasteiger partial charge in [-0.3, -0.25) is 0 Å². The Labute approximate surface area is 166 Å². The number of aromatic nitrogens is 1. The zero-order chi connectivity index (χ0) is 21.0. The van der Waals surface area contributed by atoms with E-state index in [1.807, 2.05) is 0 Å². The van der Waals surface area contributed by atoms with Gasteiger partial charge in [-0.25, -0.2) is 14.6 Å². The minimum Gasteiger partial charge on any atom is -0.464 e. The smallest absolute Gasteiger partial charge is 0.408 e. The first-order valence-electron chi connectivity index (χ1n) is 8.83. The molecular formula is C18H32N2O5SSi. The van der Waals surface area contributed by atoms with Crippen LogP contribution in [-0.2, 0) is 13.9 Å². The third-order valence-electron chi connectivity index (χ3n) is 4.32. The van der Waals surface area contributed by atoms with Crippen molar-refractivity contribution in [3.05, 3.63) is 16.1 Å². The number of alkyl carbamates (subject to hydrolysis) is 1. The lowest BCUT2D eigenvalue weighted by Crippen LogP contribution is -2.44. The normalized spacial score (nSPS) is 13.8. The van der Waals surface area contributed by atoms with Gasteiger partial charge in [0.05, 0.1) is 13.7 Å². The van der Waals surface area contributed by atoms with Gasteiger partial charge < -0.3 is 19.2 Å². The maximum Gasteiger partial charge on any atom is 0.408 e. The molecular weight excluding hydrogens is 384 g/mol. The molecule has 0 saturated carbocycles. The summed E-state index contributed by atoms with van der Waals surface area (Å²) < 4.78 is 16.3. The van der Waals surface area contributed by atoms with Crippen LogP contribution in [0.1, 0.15) is 63.1 Å². The molecule has 1 aromatic heterocycles. The molecule has 1 N–H and O–H groups in total. The summed E-state index contributed by atoms with van der Waals surface area (Å²) >= 11 is 1.27. The number of nitrogens with one attached hydrogen (secondary N) is 1. The topological polar surface area (TPSA) is 86.8 Å². The van der Waals surface area contributed by atoms with Crippen LogP contribution in [0, 0.1) is 0 Å². The first-order chi connectivity index (χ1) is 12.2. The van der Waals surface area contributed by atoms with Crippen molar-refractivity contribution in [3.63, 3.8) is 0 Å². The average molecular weight is 417 g/mol. The summed E-state index contributed by atoms with van der Waals surface area (Å²) in [5, 5.41) is 5.03. The SMILES string of the molecule is COC(=O)c1csc(C(CO[Si](C)(C)C(C)(C)C)NC(=O)OC(C)(C)C)n1. The fraction of sp³-hybridized carbons (Fsp3) is 0.722. The van der Waals surface area contributed by atoms with Crippen LogP contribution in [-0.4, -0.2) is 44.7 Å². The lowest BCUT2D eigenvalue weighted by Gasteiger charge is -2.37. The molecule has 0 radical (unpaired) electrons. The van der Waals surface area contributed by atoms with Crippen LogP contribution in [0.5, 0.6) is 0 Å². The van der Waals surface area contributed by atoms with E-state index in [1.54, 1.807) is 26.2 Å². The van der Waals surface area contributed by atoms with Gasteiger partial charge in [0.25, 0.3) is 0 Å². The molecule has 9 heteroatoms. The Balaban J connectivity index is 3.00. The second-order valence-corrected chi connectivity index (χ2v) is 14.5. The third-order valence-corrected chi connectivity index (χ3v) is 9.78. The number of thiazole rings is 1. The summed E-state index contributed by atoms with van der Waals surface area (Å²) in [4.78, 5) is 28.3. The van der Waals surface area contributed by atoms with E-state index in [9.17, 15) is 9.59 Å². The van der Waals surface area contributed by atoms with Crippen LogP contribution >= 0.6 is 11.3 Å². The molecule has 1 unspecified atom stereocenters. The summed E-state index contributed by atoms with van der Waals surface area (Å²) in [6.07, 6.45) is -0.554. The highest BCUT2D eigenvalue weighted by atomic mass is 32.1. The molecule has 0 saturated heterocycles. The maximum atomic E-state index is 12.3. The van der Waals surface area contributed by atoms with Crippen molar-refractivity contribution in [3.8, 4) is 0 Å². The minimum absolute atomic E-state index is 0.0313. The number of carbonyl (C=O) groups excluding carboxylic acids is 2. The Kier molecular flexibility index (Phi) is 7.60. The van der Waals surface area contributed by atoms with Gasteiger partial charge in [-0.2, -0.15) is 0 Å². The van der Waals surface area contributed by atoms with Crippen molar-refractivity contribution in [1.82, 2.24) is 10.3 Å². The molecule has 1 aromatic rings. The Hall–Kier alpha value is -1.45. The Bertz CT molecular complexity index is 661. The number of hydrogen-bond acceptors (Lipinski definition) is 7. The van der Waals surface area contributed by atoms with E-state index < -0.39 is 32.0 Å². The van der Waals surface area contributed by atoms with Crippen molar-refractivity contribution in [1.29, 1.82) is 0 Å². The van der Waals surface area contributed by atoms with Crippen LogP contribution in [0.2, 0.25) is 18.1 Å². The predicted molar refractivity (Wildman–Crippen MR) is 109 cm³/mol. The van der Waals surface area contributed by atoms with Gasteiger partial charge in [0.2, 0.25) is 0 Å². The van der Waals surface area contributed by atoms with Crippen molar-refractivity contribution in [2.24, 2.45) is 0 Å². The fourth-order valence-corrected chi connectivity index (χ4v) is 3.62. The zero-order valence-electron chi connectivity index (χ0n) is 17.8. The molecule has 27 heavy (non-hydrogen) atoms. The summed E-state index contributed by atoms with van der Waals surface area (Å²) in [6.45, 7) is 16.4. The highest BCUT2D eigenvalue weighted by molar-refractivity contribution is 7.09. The molecule has 0 bridgehead atoms. The summed E-state index contributed by atoms with van der Waals surface area (Å²) in [7, 11) is -0.723. The highest BCUT2D eigenvalue weighted by Crippen LogP contribution is 2.37. The number of amides is 1. The van der Waals surface area contributed by atoms with Gasteiger partial charge in [-0.05, 0) is 38.9 Å². The molecule has 0 aliphatic carbocycles. The standard InChI is InChI=1S/C18H32N2O5SSi/c1-17(2,3)25-16(22)20-12(10-24-27(8,9)18(4,5)6)14-19-13(11-26-14)15(21)23-7/h11-12H,10H2,1-9H3,(H,20,22). The first-order valence-corrected chi connectivity index (χ1v) is 12.6. The van der Waals surface area contributed by atoms with Crippen molar-refractivity contribution in [2.75, 3.05) is 13.7 Å². The van der Waals surface area contributed by atoms with E-state index in [2.05, 4.69) is 44.2 Å². The lowest BCUT2D eigenvalue weighted by molar-refractivity contribution is 0.0484. The molecule has 1 heterocycles. The Morgan fingerprint density at radius 3 is 2.30 bits per heavy atom. The molecule has 0 aliphatic heterocycles. The van der Waals surface area contributed by atoms with E-state index in [4.69, 9.17) is 13.9 Å². The predicted octanol–water partition coefficient (Wildman–Crippen LogP) is 4.52. The van der Waals surface area contributed by atoms with Gasteiger partial charge in [0.15, 0.2) is 14.0 Å². The minimum atomic E-state index is -2.03. The van der Waals surface area contributed by atoms with E-state index >= 15 is 0 Å². The molecule has 154 valence electrons. The second-order valence-electron chi connectivity index (χ2n) is 8.83. The molecule has 1 amide bonds. The third kappa shape index (κ3) is 7.23. The van der Waals surface area contributed by atoms with Crippen LogP contribution in [0.15, 0.2) is 5.38 Å². The largest absolute Gasteiger partial charge is 0.464 e. The van der Waals surface area contributed by atoms with Gasteiger partial charge in [-0.1, -0.05) is 20.8 Å². The number of hydrogen-bond donors (Lipinski definition) is 1. The number of esters is 1. The quantitative estimate of drug-likeness (QED) is 0.542. The molecule has 1 atom stereocenters. The van der Waals surface area contributed by atoms with Crippen LogP contribution < -0.4 is 5.32 Å². The fourth-order valence-electron chi connectivity index (χ4n) is 1.78. The molecule has 0 aromatic carbocycles. The van der Waals surface area contributed by atoms with Gasteiger partial charge in [0, 0.05) is 5.38 Å². The zero-order valence-corrected chi connectivity index (χ0v) is 19.6. The van der Waals surface area contributed by atoms with E-state index in [-0.39, 0.29) is 17.3 Å². The molecule has 0 fully saturated rings. The molecule has 1 rings (SSSR count). The van der Waals surface area contributed by atoms with Crippen LogP contribution in [0.25, 0.3) is 0 Å². The molecule has 0 aliphatic rings. The van der Waals surface area contributed by atoms with Crippen molar-refractivity contribution >= 4 is 31.7 Å². The van der Waals surface area contributed by atoms with Gasteiger partial charge >= 0.3 is 12.1 Å². The Morgan fingerprint density at radius 1 is 1.22 bits per heavy atom. The maximum absolute atomic E-state index is 12.3. The second kappa shape index (κ2) is 8.70. The lowest BCUT2D eigenvalue weighted by atomic mass is 10.2. The summed E-state index contributed by atoms with van der Waals surface area (Å²) in [5.74, 6) is -0.515.